The number of nitrogens with two attached hydrogens (primary N) is 2. The summed E-state index contributed by atoms with van der Waals surface area (Å²) >= 11 is 0. The number of nitrogens with one attached hydrogen (secondary N) is 3. The summed E-state index contributed by atoms with van der Waals surface area (Å²) in [5.41, 5.74) is 12.2. The van der Waals surface area contributed by atoms with E-state index in [0.717, 1.165) is 6.42 Å². The van der Waals surface area contributed by atoms with Crippen molar-refractivity contribution in [2.45, 2.75) is 83.0 Å². The Morgan fingerprint density at radius 2 is 1.39 bits per heavy atom. The van der Waals surface area contributed by atoms with Gasteiger partial charge in [-0.2, -0.15) is 0 Å². The SMILES string of the molecule is CC(C)CC(NC(=O)C(N)CCCCN)C(=O)NC(Cc1ccccc1)C(=O)NC(CCC(=O)O)C(=O)O. The van der Waals surface area contributed by atoms with Gasteiger partial charge in [0.2, 0.25) is 17.7 Å². The molecule has 38 heavy (non-hydrogen) atoms. The number of amides is 3. The Morgan fingerprint density at radius 3 is 1.95 bits per heavy atom. The smallest absolute Gasteiger partial charge is 0.326 e. The van der Waals surface area contributed by atoms with Crippen LogP contribution in [0.1, 0.15) is 57.9 Å². The number of carboxylic acid groups (broad SMARTS) is 2. The standard InChI is InChI=1S/C26H41N5O7/c1-16(2)14-20(30-23(34)18(28)10-6-7-13-27)24(35)31-21(15-17-8-4-3-5-9-17)25(36)29-19(26(37)38)11-12-22(32)33/h3-5,8-9,16,18-21H,6-7,10-15,27-28H2,1-2H3,(H,29,36)(H,30,34)(H,31,35)(H,32,33)(H,37,38). The van der Waals surface area contributed by atoms with Crippen LogP contribution < -0.4 is 27.4 Å². The van der Waals surface area contributed by atoms with Gasteiger partial charge in [0, 0.05) is 12.8 Å². The Kier molecular flexibility index (Phi) is 14.6. The maximum Gasteiger partial charge on any atom is 0.326 e. The molecule has 4 unspecified atom stereocenters. The van der Waals surface area contributed by atoms with Crippen molar-refractivity contribution in [2.75, 3.05) is 6.54 Å². The molecule has 0 spiro atoms. The summed E-state index contributed by atoms with van der Waals surface area (Å²) in [7, 11) is 0. The zero-order valence-electron chi connectivity index (χ0n) is 22.0. The van der Waals surface area contributed by atoms with Gasteiger partial charge in [0.1, 0.15) is 18.1 Å². The second-order valence-corrected chi connectivity index (χ2v) is 9.66. The third kappa shape index (κ3) is 12.6. The molecule has 3 amide bonds. The van der Waals surface area contributed by atoms with Crippen LogP contribution in [-0.2, 0) is 30.4 Å². The van der Waals surface area contributed by atoms with Crippen molar-refractivity contribution in [1.29, 1.82) is 0 Å². The summed E-state index contributed by atoms with van der Waals surface area (Å²) in [6, 6.07) is 4.37. The Balaban J connectivity index is 3.07. The number of hydrogen-bond acceptors (Lipinski definition) is 7. The van der Waals surface area contributed by atoms with E-state index in [4.69, 9.17) is 16.6 Å². The third-order valence-corrected chi connectivity index (χ3v) is 5.82. The zero-order chi connectivity index (χ0) is 28.7. The topological polar surface area (TPSA) is 214 Å². The average molecular weight is 536 g/mol. The molecule has 0 aromatic heterocycles. The Bertz CT molecular complexity index is 926. The first-order chi connectivity index (χ1) is 17.9. The van der Waals surface area contributed by atoms with Crippen LogP contribution in [0.3, 0.4) is 0 Å². The molecule has 0 bridgehead atoms. The highest BCUT2D eigenvalue weighted by molar-refractivity contribution is 5.94. The molecule has 0 aliphatic rings. The largest absolute Gasteiger partial charge is 0.481 e. The number of carbonyl (C=O) groups is 5. The van der Waals surface area contributed by atoms with Gasteiger partial charge >= 0.3 is 11.9 Å². The molecule has 0 aliphatic heterocycles. The van der Waals surface area contributed by atoms with Gasteiger partial charge in [-0.3, -0.25) is 19.2 Å². The van der Waals surface area contributed by atoms with Crippen molar-refractivity contribution in [3.8, 4) is 0 Å². The second-order valence-electron chi connectivity index (χ2n) is 9.66. The molecule has 1 rings (SSSR count). The van der Waals surface area contributed by atoms with Crippen LogP contribution in [0.15, 0.2) is 30.3 Å². The molecule has 0 aliphatic carbocycles. The van der Waals surface area contributed by atoms with Gasteiger partial charge < -0.3 is 37.6 Å². The van der Waals surface area contributed by atoms with Crippen molar-refractivity contribution < 1.29 is 34.2 Å². The van der Waals surface area contributed by atoms with Crippen molar-refractivity contribution in [3.05, 3.63) is 35.9 Å². The fourth-order valence-electron chi connectivity index (χ4n) is 3.75. The number of rotatable bonds is 18. The number of hydrogen-bond donors (Lipinski definition) is 7. The number of benzene rings is 1. The molecular weight excluding hydrogens is 494 g/mol. The molecule has 12 heteroatoms. The lowest BCUT2D eigenvalue weighted by Crippen LogP contribution is -2.57. The van der Waals surface area contributed by atoms with Crippen molar-refractivity contribution in [1.82, 2.24) is 16.0 Å². The van der Waals surface area contributed by atoms with E-state index < -0.39 is 60.2 Å². The quantitative estimate of drug-likeness (QED) is 0.127. The van der Waals surface area contributed by atoms with E-state index >= 15 is 0 Å². The molecule has 4 atom stereocenters. The molecule has 212 valence electrons. The van der Waals surface area contributed by atoms with Crippen LogP contribution in [0.25, 0.3) is 0 Å². The summed E-state index contributed by atoms with van der Waals surface area (Å²) in [6.07, 6.45) is 1.34. The molecule has 0 fully saturated rings. The van der Waals surface area contributed by atoms with Gasteiger partial charge in [-0.05, 0) is 43.7 Å². The minimum absolute atomic E-state index is 0.0216. The summed E-state index contributed by atoms with van der Waals surface area (Å²) in [5.74, 6) is -4.46. The summed E-state index contributed by atoms with van der Waals surface area (Å²) < 4.78 is 0. The maximum absolute atomic E-state index is 13.3. The Labute approximate surface area is 222 Å². The predicted octanol–water partition coefficient (Wildman–Crippen LogP) is 0.135. The van der Waals surface area contributed by atoms with E-state index in [-0.39, 0.29) is 25.2 Å². The molecule has 9 N–H and O–H groups in total. The van der Waals surface area contributed by atoms with E-state index in [1.54, 1.807) is 30.3 Å². The maximum atomic E-state index is 13.3. The highest BCUT2D eigenvalue weighted by atomic mass is 16.4. The molecule has 12 nitrogen and oxygen atoms in total. The molecule has 0 heterocycles. The van der Waals surface area contributed by atoms with Crippen LogP contribution in [0.2, 0.25) is 0 Å². The van der Waals surface area contributed by atoms with Crippen molar-refractivity contribution in [3.63, 3.8) is 0 Å². The van der Waals surface area contributed by atoms with E-state index in [9.17, 15) is 29.1 Å². The lowest BCUT2D eigenvalue weighted by molar-refractivity contribution is -0.143. The molecule has 0 saturated heterocycles. The highest BCUT2D eigenvalue weighted by Crippen LogP contribution is 2.10. The van der Waals surface area contributed by atoms with Gasteiger partial charge in [-0.1, -0.05) is 50.6 Å². The average Bonchev–Trinajstić information content (AvgIpc) is 2.85. The predicted molar refractivity (Wildman–Crippen MR) is 141 cm³/mol. The van der Waals surface area contributed by atoms with E-state index in [0.29, 0.717) is 24.9 Å². The zero-order valence-corrected chi connectivity index (χ0v) is 22.0. The molecule has 0 saturated carbocycles. The minimum atomic E-state index is -1.45. The summed E-state index contributed by atoms with van der Waals surface area (Å²) in [5, 5.41) is 26.0. The number of carbonyl (C=O) groups excluding carboxylic acids is 3. The first-order valence-corrected chi connectivity index (χ1v) is 12.8. The summed E-state index contributed by atoms with van der Waals surface area (Å²) in [6.45, 7) is 4.24. The molecular formula is C26H41N5O7. The monoisotopic (exact) mass is 535 g/mol. The van der Waals surface area contributed by atoms with Crippen LogP contribution >= 0.6 is 0 Å². The fourth-order valence-corrected chi connectivity index (χ4v) is 3.75. The number of unbranched alkanes of at least 4 members (excludes halogenated alkanes) is 1. The highest BCUT2D eigenvalue weighted by Gasteiger charge is 2.31. The van der Waals surface area contributed by atoms with Crippen LogP contribution in [-0.4, -0.2) is 70.6 Å². The number of carboxylic acids is 2. The van der Waals surface area contributed by atoms with Crippen molar-refractivity contribution >= 4 is 29.7 Å². The minimum Gasteiger partial charge on any atom is -0.481 e. The molecule has 1 aromatic rings. The first kappa shape index (κ1) is 32.5. The van der Waals surface area contributed by atoms with Gasteiger partial charge in [0.25, 0.3) is 0 Å². The second kappa shape index (κ2) is 17.1. The normalized spacial score (nSPS) is 14.1. The Hall–Kier alpha value is -3.51. The van der Waals surface area contributed by atoms with Gasteiger partial charge in [0.05, 0.1) is 6.04 Å². The van der Waals surface area contributed by atoms with E-state index in [2.05, 4.69) is 16.0 Å². The van der Waals surface area contributed by atoms with Crippen LogP contribution in [0.4, 0.5) is 0 Å². The van der Waals surface area contributed by atoms with Gasteiger partial charge in [-0.25, -0.2) is 4.79 Å². The van der Waals surface area contributed by atoms with E-state index in [1.165, 1.54) is 0 Å². The lowest BCUT2D eigenvalue weighted by Gasteiger charge is -2.26. The van der Waals surface area contributed by atoms with Crippen LogP contribution in [0.5, 0.6) is 0 Å². The third-order valence-electron chi connectivity index (χ3n) is 5.82. The molecule has 0 radical (unpaired) electrons. The lowest BCUT2D eigenvalue weighted by atomic mass is 10.00. The van der Waals surface area contributed by atoms with Gasteiger partial charge in [-0.15, -0.1) is 0 Å². The van der Waals surface area contributed by atoms with Crippen LogP contribution in [0, 0.1) is 5.92 Å². The van der Waals surface area contributed by atoms with Crippen molar-refractivity contribution in [2.24, 2.45) is 17.4 Å². The number of aliphatic carboxylic acids is 2. The van der Waals surface area contributed by atoms with Gasteiger partial charge in [0.15, 0.2) is 0 Å². The first-order valence-electron chi connectivity index (χ1n) is 12.8. The Morgan fingerprint density at radius 1 is 0.816 bits per heavy atom. The van der Waals surface area contributed by atoms with E-state index in [1.807, 2.05) is 13.8 Å². The fraction of sp³-hybridized carbons (Fsp3) is 0.577. The molecule has 1 aromatic carbocycles. The summed E-state index contributed by atoms with van der Waals surface area (Å²) in [4.78, 5) is 61.5.